The number of hydrogen-bond donors (Lipinski definition) is 2. The van der Waals surface area contributed by atoms with E-state index in [2.05, 4.69) is 15.7 Å². The number of rotatable bonds is 6. The van der Waals surface area contributed by atoms with Crippen molar-refractivity contribution in [3.63, 3.8) is 0 Å². The first-order valence-electron chi connectivity index (χ1n) is 8.63. The number of aromatic nitrogens is 2. The molecule has 2 atom stereocenters. The molecule has 25 heavy (non-hydrogen) atoms. The zero-order valence-electron chi connectivity index (χ0n) is 14.8. The third-order valence-corrected chi connectivity index (χ3v) is 4.44. The summed E-state index contributed by atoms with van der Waals surface area (Å²) < 4.78 is 1.49. The molecular formula is C19H24N4O2. The highest BCUT2D eigenvalue weighted by Crippen LogP contribution is 2.47. The third-order valence-electron chi connectivity index (χ3n) is 4.44. The summed E-state index contributed by atoms with van der Waals surface area (Å²) in [6.07, 6.45) is 2.37. The molecule has 0 spiro atoms. The van der Waals surface area contributed by atoms with Crippen molar-refractivity contribution in [2.75, 3.05) is 11.9 Å². The van der Waals surface area contributed by atoms with Gasteiger partial charge in [-0.15, -0.1) is 0 Å². The first-order valence-corrected chi connectivity index (χ1v) is 8.63. The summed E-state index contributed by atoms with van der Waals surface area (Å²) in [6, 6.07) is 10.0. The van der Waals surface area contributed by atoms with E-state index in [4.69, 9.17) is 0 Å². The molecule has 3 rings (SSSR count). The van der Waals surface area contributed by atoms with E-state index in [0.717, 1.165) is 6.42 Å². The molecular weight excluding hydrogens is 316 g/mol. The lowest BCUT2D eigenvalue weighted by molar-refractivity contribution is -0.117. The molecule has 1 aliphatic rings. The van der Waals surface area contributed by atoms with Gasteiger partial charge in [-0.05, 0) is 23.8 Å². The van der Waals surface area contributed by atoms with Crippen LogP contribution in [0.2, 0.25) is 0 Å². The quantitative estimate of drug-likeness (QED) is 0.848. The molecule has 1 heterocycles. The third kappa shape index (κ3) is 3.90. The highest BCUT2D eigenvalue weighted by molar-refractivity contribution is 6.03. The Kier molecular flexibility index (Phi) is 4.88. The molecule has 0 radical (unpaired) electrons. The molecule has 6 heteroatoms. The van der Waals surface area contributed by atoms with Crippen molar-refractivity contribution in [1.82, 2.24) is 15.1 Å². The average molecular weight is 340 g/mol. The maximum absolute atomic E-state index is 12.5. The van der Waals surface area contributed by atoms with Gasteiger partial charge < -0.3 is 10.6 Å². The van der Waals surface area contributed by atoms with Crippen molar-refractivity contribution in [3.05, 3.63) is 47.8 Å². The van der Waals surface area contributed by atoms with Crippen molar-refractivity contribution in [1.29, 1.82) is 0 Å². The summed E-state index contributed by atoms with van der Waals surface area (Å²) in [5, 5.41) is 9.86. The molecule has 0 aliphatic heterocycles. The van der Waals surface area contributed by atoms with Gasteiger partial charge in [-0.2, -0.15) is 5.10 Å². The summed E-state index contributed by atoms with van der Waals surface area (Å²) in [4.78, 5) is 24.9. The molecule has 2 amide bonds. The number of carbonyl (C=O) groups excluding carboxylic acids is 2. The molecule has 1 saturated carbocycles. The molecule has 1 aliphatic carbocycles. The summed E-state index contributed by atoms with van der Waals surface area (Å²) in [6.45, 7) is 4.64. The summed E-state index contributed by atoms with van der Waals surface area (Å²) in [5.41, 5.74) is 2.03. The van der Waals surface area contributed by atoms with Gasteiger partial charge in [0.25, 0.3) is 5.91 Å². The van der Waals surface area contributed by atoms with Crippen LogP contribution >= 0.6 is 0 Å². The first kappa shape index (κ1) is 17.2. The molecule has 2 unspecified atom stereocenters. The van der Waals surface area contributed by atoms with E-state index in [-0.39, 0.29) is 23.7 Å². The Hall–Kier alpha value is -2.63. The smallest absolute Gasteiger partial charge is 0.271 e. The van der Waals surface area contributed by atoms with Gasteiger partial charge in [0.1, 0.15) is 5.69 Å². The van der Waals surface area contributed by atoms with Gasteiger partial charge in [-0.1, -0.05) is 44.2 Å². The van der Waals surface area contributed by atoms with Crippen LogP contribution in [0.15, 0.2) is 36.5 Å². The van der Waals surface area contributed by atoms with Gasteiger partial charge in [0.2, 0.25) is 5.91 Å². The lowest BCUT2D eigenvalue weighted by Gasteiger charge is -2.10. The van der Waals surface area contributed by atoms with Gasteiger partial charge in [-0.3, -0.25) is 14.3 Å². The maximum Gasteiger partial charge on any atom is 0.271 e. The Morgan fingerprint density at radius 1 is 1.28 bits per heavy atom. The normalized spacial score (nSPS) is 18.9. The fraction of sp³-hybridized carbons (Fsp3) is 0.421. The lowest BCUT2D eigenvalue weighted by Crippen LogP contribution is -2.30. The number of nitrogens with zero attached hydrogens (tertiary/aromatic N) is 2. The zero-order valence-corrected chi connectivity index (χ0v) is 14.8. The van der Waals surface area contributed by atoms with Crippen LogP contribution in [0.25, 0.3) is 0 Å². The highest BCUT2D eigenvalue weighted by Gasteiger charge is 2.44. The Bertz CT molecular complexity index is 767. The van der Waals surface area contributed by atoms with Gasteiger partial charge in [0.05, 0.1) is 11.9 Å². The maximum atomic E-state index is 12.5. The van der Waals surface area contributed by atoms with Gasteiger partial charge in [0.15, 0.2) is 0 Å². The van der Waals surface area contributed by atoms with E-state index in [0.29, 0.717) is 23.8 Å². The average Bonchev–Trinajstić information content (AvgIpc) is 3.32. The number of hydrogen-bond acceptors (Lipinski definition) is 3. The summed E-state index contributed by atoms with van der Waals surface area (Å²) in [7, 11) is 1.70. The second-order valence-electron chi connectivity index (χ2n) is 6.98. The monoisotopic (exact) mass is 340 g/mol. The van der Waals surface area contributed by atoms with E-state index in [1.165, 1.54) is 16.4 Å². The highest BCUT2D eigenvalue weighted by atomic mass is 16.2. The van der Waals surface area contributed by atoms with Crippen LogP contribution in [0.4, 0.5) is 5.69 Å². The van der Waals surface area contributed by atoms with E-state index < -0.39 is 0 Å². The Labute approximate surface area is 147 Å². The van der Waals surface area contributed by atoms with Crippen molar-refractivity contribution in [2.24, 2.45) is 18.9 Å². The predicted molar refractivity (Wildman–Crippen MR) is 96.3 cm³/mol. The second kappa shape index (κ2) is 7.09. The number of carbonyl (C=O) groups is 2. The summed E-state index contributed by atoms with van der Waals surface area (Å²) in [5.74, 6) is 0.290. The van der Waals surface area contributed by atoms with Crippen molar-refractivity contribution in [3.8, 4) is 0 Å². The second-order valence-corrected chi connectivity index (χ2v) is 6.98. The molecule has 6 nitrogen and oxygen atoms in total. The van der Waals surface area contributed by atoms with E-state index in [1.54, 1.807) is 7.05 Å². The van der Waals surface area contributed by atoms with Crippen LogP contribution in [-0.4, -0.2) is 28.1 Å². The fourth-order valence-electron chi connectivity index (χ4n) is 2.96. The number of aryl methyl sites for hydroxylation is 1. The SMILES string of the molecule is CC(C)CNC(=O)c1c(NC(=O)C2CC2c2ccccc2)cnn1C. The zero-order chi connectivity index (χ0) is 18.0. The molecule has 2 N–H and O–H groups in total. The molecule has 1 aromatic carbocycles. The molecule has 132 valence electrons. The Morgan fingerprint density at radius 2 is 2.00 bits per heavy atom. The number of amides is 2. The summed E-state index contributed by atoms with van der Waals surface area (Å²) >= 11 is 0. The van der Waals surface area contributed by atoms with Crippen LogP contribution < -0.4 is 10.6 Å². The van der Waals surface area contributed by atoms with Crippen LogP contribution in [0.3, 0.4) is 0 Å². The Morgan fingerprint density at radius 3 is 2.68 bits per heavy atom. The van der Waals surface area contributed by atoms with E-state index in [1.807, 2.05) is 44.2 Å². The van der Waals surface area contributed by atoms with Gasteiger partial charge in [-0.25, -0.2) is 0 Å². The molecule has 1 aromatic heterocycles. The van der Waals surface area contributed by atoms with Crippen molar-refractivity contribution >= 4 is 17.5 Å². The number of anilines is 1. The standard InChI is InChI=1S/C19H24N4O2/c1-12(2)10-20-19(25)17-16(11-21-23(17)3)22-18(24)15-9-14(15)13-7-5-4-6-8-13/h4-8,11-12,14-15H,9-10H2,1-3H3,(H,20,25)(H,22,24). The number of benzene rings is 1. The van der Waals surface area contributed by atoms with E-state index in [9.17, 15) is 9.59 Å². The van der Waals surface area contributed by atoms with Gasteiger partial charge >= 0.3 is 0 Å². The van der Waals surface area contributed by atoms with Crippen molar-refractivity contribution < 1.29 is 9.59 Å². The molecule has 0 bridgehead atoms. The predicted octanol–water partition coefficient (Wildman–Crippen LogP) is 2.55. The molecule has 1 fully saturated rings. The minimum atomic E-state index is -0.223. The minimum Gasteiger partial charge on any atom is -0.350 e. The molecule has 0 saturated heterocycles. The Balaban J connectivity index is 1.66. The topological polar surface area (TPSA) is 76.0 Å². The lowest BCUT2D eigenvalue weighted by atomic mass is 10.1. The fourth-order valence-corrected chi connectivity index (χ4v) is 2.96. The molecule has 2 aromatic rings. The largest absolute Gasteiger partial charge is 0.350 e. The van der Waals surface area contributed by atoms with Crippen LogP contribution in [0.5, 0.6) is 0 Å². The van der Waals surface area contributed by atoms with Gasteiger partial charge in [0, 0.05) is 19.5 Å². The number of nitrogens with one attached hydrogen (secondary N) is 2. The van der Waals surface area contributed by atoms with Crippen LogP contribution in [0.1, 0.15) is 42.2 Å². The minimum absolute atomic E-state index is 0.0471. The van der Waals surface area contributed by atoms with Crippen LogP contribution in [0, 0.1) is 11.8 Å². The first-order chi connectivity index (χ1) is 12.0. The van der Waals surface area contributed by atoms with Crippen molar-refractivity contribution in [2.45, 2.75) is 26.2 Å². The van der Waals surface area contributed by atoms with E-state index >= 15 is 0 Å². The van der Waals surface area contributed by atoms with Crippen LogP contribution in [-0.2, 0) is 11.8 Å².